The SMILES string of the molecule is CC1CNCC(C)(C(C)C)CCCN1C. The zero-order valence-electron chi connectivity index (χ0n) is 11.1. The monoisotopic (exact) mass is 212 g/mol. The minimum atomic E-state index is 0.477. The minimum absolute atomic E-state index is 0.477. The van der Waals surface area contributed by atoms with Crippen LogP contribution in [-0.2, 0) is 0 Å². The quantitative estimate of drug-likeness (QED) is 0.718. The van der Waals surface area contributed by atoms with Crippen molar-refractivity contribution >= 4 is 0 Å². The number of rotatable bonds is 1. The Morgan fingerprint density at radius 1 is 1.40 bits per heavy atom. The molecule has 2 nitrogen and oxygen atoms in total. The summed E-state index contributed by atoms with van der Waals surface area (Å²) in [5, 5.41) is 3.64. The molecular weight excluding hydrogens is 184 g/mol. The summed E-state index contributed by atoms with van der Waals surface area (Å²) in [5.41, 5.74) is 0.477. The lowest BCUT2D eigenvalue weighted by atomic mass is 9.75. The van der Waals surface area contributed by atoms with Gasteiger partial charge in [0.05, 0.1) is 0 Å². The minimum Gasteiger partial charge on any atom is -0.315 e. The Balaban J connectivity index is 2.59. The Kier molecular flexibility index (Phi) is 4.60. The van der Waals surface area contributed by atoms with Crippen molar-refractivity contribution in [2.24, 2.45) is 11.3 Å². The Labute approximate surface area is 95.4 Å². The lowest BCUT2D eigenvalue weighted by Gasteiger charge is -2.33. The summed E-state index contributed by atoms with van der Waals surface area (Å²) in [5.74, 6) is 0.767. The lowest BCUT2D eigenvalue weighted by molar-refractivity contribution is 0.189. The predicted octanol–water partition coefficient (Wildman–Crippen LogP) is 2.35. The molecule has 0 aliphatic carbocycles. The molecule has 0 aromatic heterocycles. The summed E-state index contributed by atoms with van der Waals surface area (Å²) in [6, 6.07) is 0.666. The number of nitrogens with zero attached hydrogens (tertiary/aromatic N) is 1. The van der Waals surface area contributed by atoms with Gasteiger partial charge in [0.15, 0.2) is 0 Å². The van der Waals surface area contributed by atoms with Crippen LogP contribution < -0.4 is 5.32 Å². The largest absolute Gasteiger partial charge is 0.315 e. The third-order valence-corrected chi connectivity index (χ3v) is 4.37. The molecule has 0 amide bonds. The predicted molar refractivity (Wildman–Crippen MR) is 67.1 cm³/mol. The van der Waals surface area contributed by atoms with E-state index in [0.717, 1.165) is 12.5 Å². The Hall–Kier alpha value is -0.0800. The van der Waals surface area contributed by atoms with E-state index in [9.17, 15) is 0 Å². The molecule has 0 aromatic carbocycles. The third kappa shape index (κ3) is 3.46. The fraction of sp³-hybridized carbons (Fsp3) is 1.00. The molecule has 0 radical (unpaired) electrons. The summed E-state index contributed by atoms with van der Waals surface area (Å²) >= 11 is 0. The molecule has 1 aliphatic heterocycles. The van der Waals surface area contributed by atoms with E-state index in [0.29, 0.717) is 11.5 Å². The van der Waals surface area contributed by atoms with E-state index in [1.807, 2.05) is 0 Å². The first-order valence-corrected chi connectivity index (χ1v) is 6.36. The van der Waals surface area contributed by atoms with Crippen LogP contribution in [0.5, 0.6) is 0 Å². The first kappa shape index (κ1) is 13.0. The molecule has 1 heterocycles. The normalized spacial score (nSPS) is 36.0. The molecule has 1 saturated heterocycles. The Bertz CT molecular complexity index is 175. The second-order valence-corrected chi connectivity index (χ2v) is 5.87. The molecule has 2 heteroatoms. The summed E-state index contributed by atoms with van der Waals surface area (Å²) in [6.45, 7) is 13.0. The maximum Gasteiger partial charge on any atom is 0.0189 e. The highest BCUT2D eigenvalue weighted by atomic mass is 15.1. The number of nitrogens with one attached hydrogen (secondary N) is 1. The van der Waals surface area contributed by atoms with Crippen LogP contribution in [0.1, 0.15) is 40.5 Å². The zero-order valence-corrected chi connectivity index (χ0v) is 11.1. The molecule has 1 N–H and O–H groups in total. The molecule has 2 unspecified atom stereocenters. The molecule has 1 rings (SSSR count). The van der Waals surface area contributed by atoms with E-state index in [1.54, 1.807) is 0 Å². The van der Waals surface area contributed by atoms with Crippen molar-refractivity contribution in [1.29, 1.82) is 0 Å². The van der Waals surface area contributed by atoms with Crippen molar-refractivity contribution in [1.82, 2.24) is 10.2 Å². The zero-order chi connectivity index (χ0) is 11.5. The molecule has 0 spiro atoms. The van der Waals surface area contributed by atoms with Gasteiger partial charge in [-0.15, -0.1) is 0 Å². The molecule has 1 aliphatic rings. The maximum atomic E-state index is 3.64. The fourth-order valence-electron chi connectivity index (χ4n) is 2.26. The second kappa shape index (κ2) is 5.31. The summed E-state index contributed by atoms with van der Waals surface area (Å²) < 4.78 is 0. The standard InChI is InChI=1S/C13H28N2/c1-11(2)13(4)7-6-8-15(5)12(3)9-14-10-13/h11-12,14H,6-10H2,1-5H3. The third-order valence-electron chi connectivity index (χ3n) is 4.37. The van der Waals surface area contributed by atoms with Gasteiger partial charge in [-0.05, 0) is 44.7 Å². The Morgan fingerprint density at radius 2 is 2.07 bits per heavy atom. The molecule has 2 atom stereocenters. The van der Waals surface area contributed by atoms with Gasteiger partial charge in [-0.2, -0.15) is 0 Å². The molecule has 1 fully saturated rings. The van der Waals surface area contributed by atoms with Crippen LogP contribution in [-0.4, -0.2) is 37.6 Å². The van der Waals surface area contributed by atoms with E-state index < -0.39 is 0 Å². The molecule has 15 heavy (non-hydrogen) atoms. The van der Waals surface area contributed by atoms with Gasteiger partial charge in [0.25, 0.3) is 0 Å². The number of hydrogen-bond donors (Lipinski definition) is 1. The Morgan fingerprint density at radius 3 is 2.67 bits per heavy atom. The first-order chi connectivity index (χ1) is 6.96. The van der Waals surface area contributed by atoms with Crippen molar-refractivity contribution in [3.63, 3.8) is 0 Å². The molecule has 0 aromatic rings. The highest BCUT2D eigenvalue weighted by Crippen LogP contribution is 2.32. The van der Waals surface area contributed by atoms with Gasteiger partial charge >= 0.3 is 0 Å². The van der Waals surface area contributed by atoms with Crippen LogP contribution in [0.3, 0.4) is 0 Å². The summed E-state index contributed by atoms with van der Waals surface area (Å²) in [7, 11) is 2.24. The van der Waals surface area contributed by atoms with Crippen LogP contribution in [0, 0.1) is 11.3 Å². The van der Waals surface area contributed by atoms with Crippen molar-refractivity contribution in [2.45, 2.75) is 46.6 Å². The van der Waals surface area contributed by atoms with Gasteiger partial charge in [0.1, 0.15) is 0 Å². The van der Waals surface area contributed by atoms with Gasteiger partial charge in [-0.1, -0.05) is 20.8 Å². The maximum absolute atomic E-state index is 3.64. The van der Waals surface area contributed by atoms with Gasteiger partial charge < -0.3 is 10.2 Å². The van der Waals surface area contributed by atoms with E-state index >= 15 is 0 Å². The smallest absolute Gasteiger partial charge is 0.0189 e. The van der Waals surface area contributed by atoms with E-state index in [1.165, 1.54) is 25.9 Å². The van der Waals surface area contributed by atoms with Crippen LogP contribution >= 0.6 is 0 Å². The summed E-state index contributed by atoms with van der Waals surface area (Å²) in [6.07, 6.45) is 2.67. The molecular formula is C13H28N2. The van der Waals surface area contributed by atoms with Crippen LogP contribution in [0.4, 0.5) is 0 Å². The average Bonchev–Trinajstić information content (AvgIpc) is 2.21. The summed E-state index contributed by atoms with van der Waals surface area (Å²) in [4.78, 5) is 2.47. The van der Waals surface area contributed by atoms with Crippen molar-refractivity contribution in [3.05, 3.63) is 0 Å². The van der Waals surface area contributed by atoms with Crippen LogP contribution in [0.25, 0.3) is 0 Å². The molecule has 0 saturated carbocycles. The fourth-order valence-corrected chi connectivity index (χ4v) is 2.26. The molecule has 90 valence electrons. The first-order valence-electron chi connectivity index (χ1n) is 6.36. The van der Waals surface area contributed by atoms with Gasteiger partial charge in [-0.3, -0.25) is 0 Å². The van der Waals surface area contributed by atoms with Gasteiger partial charge in [0, 0.05) is 19.1 Å². The molecule has 0 bridgehead atoms. The number of likely N-dealkylation sites (N-methyl/N-ethyl adjacent to an activating group) is 1. The van der Waals surface area contributed by atoms with Crippen molar-refractivity contribution in [2.75, 3.05) is 26.7 Å². The van der Waals surface area contributed by atoms with E-state index in [4.69, 9.17) is 0 Å². The number of hydrogen-bond acceptors (Lipinski definition) is 2. The van der Waals surface area contributed by atoms with E-state index in [-0.39, 0.29) is 0 Å². The van der Waals surface area contributed by atoms with Crippen LogP contribution in [0.2, 0.25) is 0 Å². The highest BCUT2D eigenvalue weighted by molar-refractivity contribution is 4.83. The van der Waals surface area contributed by atoms with Gasteiger partial charge in [0.2, 0.25) is 0 Å². The van der Waals surface area contributed by atoms with E-state index in [2.05, 4.69) is 45.0 Å². The van der Waals surface area contributed by atoms with Crippen molar-refractivity contribution in [3.8, 4) is 0 Å². The topological polar surface area (TPSA) is 15.3 Å². The average molecular weight is 212 g/mol. The lowest BCUT2D eigenvalue weighted by Crippen LogP contribution is -2.40. The van der Waals surface area contributed by atoms with Crippen LogP contribution in [0.15, 0.2) is 0 Å². The van der Waals surface area contributed by atoms with Crippen molar-refractivity contribution < 1.29 is 0 Å². The van der Waals surface area contributed by atoms with Gasteiger partial charge in [-0.25, -0.2) is 0 Å². The second-order valence-electron chi connectivity index (χ2n) is 5.87. The highest BCUT2D eigenvalue weighted by Gasteiger charge is 2.29.